The SMILES string of the molecule is CCCC(NCc1c(OCc2ccc(C)cc2)ccc2ccccc12)c1ccccc1.Cl. The molecule has 0 fully saturated rings. The molecule has 0 radical (unpaired) electrons. The molecule has 32 heavy (non-hydrogen) atoms. The molecule has 0 amide bonds. The molecule has 4 rings (SSSR count). The van der Waals surface area contributed by atoms with Crippen molar-refractivity contribution in [1.82, 2.24) is 5.32 Å². The zero-order valence-electron chi connectivity index (χ0n) is 18.9. The molecule has 4 aromatic rings. The van der Waals surface area contributed by atoms with Crippen LogP contribution in [0.2, 0.25) is 0 Å². The molecule has 1 unspecified atom stereocenters. The van der Waals surface area contributed by atoms with E-state index in [-0.39, 0.29) is 12.4 Å². The van der Waals surface area contributed by atoms with E-state index in [0.29, 0.717) is 12.6 Å². The lowest BCUT2D eigenvalue weighted by Crippen LogP contribution is -2.21. The topological polar surface area (TPSA) is 21.3 Å². The van der Waals surface area contributed by atoms with E-state index in [1.165, 1.54) is 33.0 Å². The number of ether oxygens (including phenoxy) is 1. The van der Waals surface area contributed by atoms with Crippen LogP contribution in [0.1, 0.15) is 48.1 Å². The molecule has 1 atom stereocenters. The van der Waals surface area contributed by atoms with Crippen LogP contribution in [0.3, 0.4) is 0 Å². The van der Waals surface area contributed by atoms with Gasteiger partial charge in [0.25, 0.3) is 0 Å². The lowest BCUT2D eigenvalue weighted by atomic mass is 10.00. The highest BCUT2D eigenvalue weighted by Gasteiger charge is 2.14. The Bertz CT molecular complexity index is 1110. The van der Waals surface area contributed by atoms with Gasteiger partial charge in [-0.05, 0) is 41.3 Å². The van der Waals surface area contributed by atoms with Gasteiger partial charge in [0.2, 0.25) is 0 Å². The molecule has 0 aromatic heterocycles. The summed E-state index contributed by atoms with van der Waals surface area (Å²) in [6, 6.07) is 32.5. The van der Waals surface area contributed by atoms with Crippen molar-refractivity contribution in [3.63, 3.8) is 0 Å². The zero-order chi connectivity index (χ0) is 21.5. The number of benzene rings is 4. The van der Waals surface area contributed by atoms with Crippen molar-refractivity contribution < 1.29 is 4.74 Å². The summed E-state index contributed by atoms with van der Waals surface area (Å²) in [6.45, 7) is 5.69. The molecule has 0 saturated carbocycles. The van der Waals surface area contributed by atoms with E-state index in [0.717, 1.165) is 25.1 Å². The first-order valence-electron chi connectivity index (χ1n) is 11.2. The molecule has 0 aliphatic rings. The Morgan fingerprint density at radius 2 is 1.53 bits per heavy atom. The van der Waals surface area contributed by atoms with Crippen molar-refractivity contribution in [2.75, 3.05) is 0 Å². The van der Waals surface area contributed by atoms with Crippen LogP contribution < -0.4 is 10.1 Å². The molecule has 0 heterocycles. The van der Waals surface area contributed by atoms with Gasteiger partial charge < -0.3 is 10.1 Å². The van der Waals surface area contributed by atoms with Crippen LogP contribution in [0.4, 0.5) is 0 Å². The lowest BCUT2D eigenvalue weighted by molar-refractivity contribution is 0.302. The smallest absolute Gasteiger partial charge is 0.124 e. The van der Waals surface area contributed by atoms with Crippen molar-refractivity contribution in [2.24, 2.45) is 0 Å². The van der Waals surface area contributed by atoms with E-state index in [1.807, 2.05) is 0 Å². The van der Waals surface area contributed by atoms with Crippen molar-refractivity contribution >= 4 is 23.2 Å². The summed E-state index contributed by atoms with van der Waals surface area (Å²) in [4.78, 5) is 0. The van der Waals surface area contributed by atoms with Crippen molar-refractivity contribution in [2.45, 2.75) is 45.9 Å². The Labute approximate surface area is 198 Å². The minimum Gasteiger partial charge on any atom is -0.489 e. The van der Waals surface area contributed by atoms with Gasteiger partial charge in [0, 0.05) is 18.2 Å². The molecule has 166 valence electrons. The maximum Gasteiger partial charge on any atom is 0.124 e. The fraction of sp³-hybridized carbons (Fsp3) is 0.241. The number of nitrogens with one attached hydrogen (secondary N) is 1. The average Bonchev–Trinajstić information content (AvgIpc) is 2.82. The van der Waals surface area contributed by atoms with Gasteiger partial charge in [-0.3, -0.25) is 0 Å². The van der Waals surface area contributed by atoms with Crippen LogP contribution in [0.25, 0.3) is 10.8 Å². The molecule has 0 saturated heterocycles. The third-order valence-electron chi connectivity index (χ3n) is 5.82. The fourth-order valence-corrected chi connectivity index (χ4v) is 4.06. The van der Waals surface area contributed by atoms with E-state index >= 15 is 0 Å². The summed E-state index contributed by atoms with van der Waals surface area (Å²) in [5.41, 5.74) is 5.02. The molecule has 3 heteroatoms. The highest BCUT2D eigenvalue weighted by atomic mass is 35.5. The maximum atomic E-state index is 6.33. The summed E-state index contributed by atoms with van der Waals surface area (Å²) >= 11 is 0. The number of hydrogen-bond donors (Lipinski definition) is 1. The quantitative estimate of drug-likeness (QED) is 0.284. The first-order valence-corrected chi connectivity index (χ1v) is 11.2. The number of fused-ring (bicyclic) bond motifs is 1. The molecule has 0 aliphatic carbocycles. The zero-order valence-corrected chi connectivity index (χ0v) is 19.7. The average molecular weight is 446 g/mol. The van der Waals surface area contributed by atoms with E-state index in [9.17, 15) is 0 Å². The van der Waals surface area contributed by atoms with E-state index in [4.69, 9.17) is 4.74 Å². The normalized spacial score (nSPS) is 11.7. The number of halogens is 1. The maximum absolute atomic E-state index is 6.33. The van der Waals surface area contributed by atoms with Gasteiger partial charge in [0.15, 0.2) is 0 Å². The van der Waals surface area contributed by atoms with E-state index in [1.54, 1.807) is 0 Å². The van der Waals surface area contributed by atoms with Crippen LogP contribution >= 0.6 is 12.4 Å². The summed E-state index contributed by atoms with van der Waals surface area (Å²) in [5, 5.41) is 6.31. The standard InChI is InChI=1S/C29H31NO.ClH/c1-3-9-28(25-11-5-4-6-12-25)30-20-27-26-13-8-7-10-24(26)18-19-29(27)31-21-23-16-14-22(2)15-17-23;/h4-8,10-19,28,30H,3,9,20-21H2,1-2H3;1H. The molecule has 2 nitrogen and oxygen atoms in total. The van der Waals surface area contributed by atoms with Crippen molar-refractivity contribution in [3.05, 3.63) is 113 Å². The van der Waals surface area contributed by atoms with Crippen LogP contribution in [-0.4, -0.2) is 0 Å². The third kappa shape index (κ3) is 5.91. The molecular formula is C29H32ClNO. The van der Waals surface area contributed by atoms with Crippen LogP contribution in [0.15, 0.2) is 91.0 Å². The van der Waals surface area contributed by atoms with Gasteiger partial charge in [-0.25, -0.2) is 0 Å². The largest absolute Gasteiger partial charge is 0.489 e. The Morgan fingerprint density at radius 1 is 0.812 bits per heavy atom. The molecule has 0 spiro atoms. The second-order valence-corrected chi connectivity index (χ2v) is 8.17. The van der Waals surface area contributed by atoms with E-state index < -0.39 is 0 Å². The highest BCUT2D eigenvalue weighted by molar-refractivity contribution is 5.87. The Balaban J connectivity index is 0.00000289. The van der Waals surface area contributed by atoms with Gasteiger partial charge in [-0.2, -0.15) is 0 Å². The molecule has 1 N–H and O–H groups in total. The molecule has 4 aromatic carbocycles. The summed E-state index contributed by atoms with van der Waals surface area (Å²) in [7, 11) is 0. The number of rotatable bonds is 9. The molecule has 0 aliphatic heterocycles. The van der Waals surface area contributed by atoms with Crippen LogP contribution in [-0.2, 0) is 13.2 Å². The van der Waals surface area contributed by atoms with Crippen LogP contribution in [0, 0.1) is 6.92 Å². The predicted molar refractivity (Wildman–Crippen MR) is 138 cm³/mol. The Morgan fingerprint density at radius 3 is 2.28 bits per heavy atom. The van der Waals surface area contributed by atoms with Gasteiger partial charge in [-0.1, -0.05) is 104 Å². The van der Waals surface area contributed by atoms with E-state index in [2.05, 4.69) is 110 Å². The van der Waals surface area contributed by atoms with Crippen LogP contribution in [0.5, 0.6) is 5.75 Å². The first kappa shape index (κ1) is 23.8. The van der Waals surface area contributed by atoms with Crippen molar-refractivity contribution in [1.29, 1.82) is 0 Å². The molecule has 0 bridgehead atoms. The lowest BCUT2D eigenvalue weighted by Gasteiger charge is -2.21. The number of aryl methyl sites for hydroxylation is 1. The number of hydrogen-bond acceptors (Lipinski definition) is 2. The predicted octanol–water partition coefficient (Wildman–Crippen LogP) is 7.78. The first-order chi connectivity index (χ1) is 15.2. The fourth-order valence-electron chi connectivity index (χ4n) is 4.06. The van der Waals surface area contributed by atoms with Gasteiger partial charge in [0.1, 0.15) is 12.4 Å². The second-order valence-electron chi connectivity index (χ2n) is 8.17. The summed E-state index contributed by atoms with van der Waals surface area (Å²) in [6.07, 6.45) is 2.24. The highest BCUT2D eigenvalue weighted by Crippen LogP contribution is 2.30. The Hall–Kier alpha value is -2.81. The molecular weight excluding hydrogens is 414 g/mol. The van der Waals surface area contributed by atoms with Gasteiger partial charge in [-0.15, -0.1) is 12.4 Å². The summed E-state index contributed by atoms with van der Waals surface area (Å²) in [5.74, 6) is 0.954. The third-order valence-corrected chi connectivity index (χ3v) is 5.82. The monoisotopic (exact) mass is 445 g/mol. The minimum atomic E-state index is 0. The van der Waals surface area contributed by atoms with Crippen molar-refractivity contribution in [3.8, 4) is 5.75 Å². The summed E-state index contributed by atoms with van der Waals surface area (Å²) < 4.78 is 6.33. The second kappa shape index (κ2) is 11.7. The Kier molecular flexibility index (Phi) is 8.72. The van der Waals surface area contributed by atoms with Gasteiger partial charge in [0.05, 0.1) is 0 Å². The van der Waals surface area contributed by atoms with Gasteiger partial charge >= 0.3 is 0 Å². The minimum absolute atomic E-state index is 0.